The molecule has 0 radical (unpaired) electrons. The van der Waals surface area contributed by atoms with Crippen LogP contribution in [0.4, 0.5) is 11.9 Å². The smallest absolute Gasteiger partial charge is 0.231 e. The van der Waals surface area contributed by atoms with E-state index in [0.29, 0.717) is 18.4 Å². The minimum atomic E-state index is -0.700. The number of nitrogens with one attached hydrogen (secondary N) is 1. The first-order chi connectivity index (χ1) is 9.00. The van der Waals surface area contributed by atoms with Crippen LogP contribution < -0.4 is 10.2 Å². The van der Waals surface area contributed by atoms with Crippen LogP contribution in [0.1, 0.15) is 33.1 Å². The highest BCUT2D eigenvalue weighted by atomic mass is 35.5. The van der Waals surface area contributed by atoms with E-state index in [0.717, 1.165) is 32.4 Å². The van der Waals surface area contributed by atoms with Gasteiger partial charge in [-0.05, 0) is 37.8 Å². The predicted octanol–water partition coefficient (Wildman–Crippen LogP) is 1.70. The van der Waals surface area contributed by atoms with E-state index in [9.17, 15) is 5.11 Å². The van der Waals surface area contributed by atoms with Crippen molar-refractivity contribution < 1.29 is 5.11 Å². The molecule has 0 aromatic carbocycles. The summed E-state index contributed by atoms with van der Waals surface area (Å²) in [5.41, 5.74) is -0.700. The lowest BCUT2D eigenvalue weighted by Gasteiger charge is -2.36. The molecule has 1 aromatic heterocycles. The number of β-amino-alcohol motifs (C(OH)–C–C–N with tert-alkyl or cyclic N) is 1. The first-order valence-electron chi connectivity index (χ1n) is 6.63. The van der Waals surface area contributed by atoms with Gasteiger partial charge in [-0.15, -0.1) is 0 Å². The summed E-state index contributed by atoms with van der Waals surface area (Å²) < 4.78 is 0. The molecule has 1 saturated heterocycles. The van der Waals surface area contributed by atoms with E-state index in [1.807, 2.05) is 11.8 Å². The van der Waals surface area contributed by atoms with E-state index in [4.69, 9.17) is 11.6 Å². The van der Waals surface area contributed by atoms with Gasteiger partial charge in [0.05, 0.1) is 5.60 Å². The minimum Gasteiger partial charge on any atom is -0.388 e. The summed E-state index contributed by atoms with van der Waals surface area (Å²) in [5.74, 6) is 1.01. The number of halogens is 1. The van der Waals surface area contributed by atoms with Crippen LogP contribution in [0.5, 0.6) is 0 Å². The molecule has 0 spiro atoms. The molecule has 106 valence electrons. The lowest BCUT2D eigenvalue weighted by molar-refractivity contribution is 0.0444. The summed E-state index contributed by atoms with van der Waals surface area (Å²) in [6, 6.07) is 0. The van der Waals surface area contributed by atoms with Gasteiger partial charge in [-0.3, -0.25) is 0 Å². The molecule has 0 saturated carbocycles. The lowest BCUT2D eigenvalue weighted by Crippen LogP contribution is -2.46. The molecule has 2 heterocycles. The van der Waals surface area contributed by atoms with Crippen LogP contribution in [0.2, 0.25) is 5.28 Å². The van der Waals surface area contributed by atoms with E-state index in [1.54, 1.807) is 0 Å². The Hall–Kier alpha value is -1.14. The maximum Gasteiger partial charge on any atom is 0.231 e. The SMILES string of the molecule is CCCNc1nc(Cl)nc(N2CCCC(C)(O)C2)n1. The summed E-state index contributed by atoms with van der Waals surface area (Å²) in [7, 11) is 0. The third kappa shape index (κ3) is 3.91. The number of hydrogen-bond donors (Lipinski definition) is 2. The molecule has 1 aromatic rings. The molecule has 19 heavy (non-hydrogen) atoms. The Kier molecular flexibility index (Phi) is 4.42. The van der Waals surface area contributed by atoms with Crippen molar-refractivity contribution in [3.8, 4) is 0 Å². The fourth-order valence-electron chi connectivity index (χ4n) is 2.19. The van der Waals surface area contributed by atoms with Crippen molar-refractivity contribution in [3.63, 3.8) is 0 Å². The first-order valence-corrected chi connectivity index (χ1v) is 7.01. The van der Waals surface area contributed by atoms with E-state index in [2.05, 4.69) is 27.2 Å². The molecule has 0 bridgehead atoms. The van der Waals surface area contributed by atoms with Gasteiger partial charge in [0, 0.05) is 19.6 Å². The fourth-order valence-corrected chi connectivity index (χ4v) is 2.34. The number of rotatable bonds is 4. The van der Waals surface area contributed by atoms with Crippen molar-refractivity contribution in [2.75, 3.05) is 29.9 Å². The first kappa shape index (κ1) is 14.3. The van der Waals surface area contributed by atoms with Crippen molar-refractivity contribution in [2.45, 2.75) is 38.7 Å². The number of aliphatic hydroxyl groups is 1. The third-order valence-electron chi connectivity index (χ3n) is 3.09. The topological polar surface area (TPSA) is 74.2 Å². The van der Waals surface area contributed by atoms with Crippen LogP contribution in [0.3, 0.4) is 0 Å². The summed E-state index contributed by atoms with van der Waals surface area (Å²) in [6.45, 7) is 6.03. The van der Waals surface area contributed by atoms with Gasteiger partial charge in [-0.25, -0.2) is 0 Å². The highest BCUT2D eigenvalue weighted by molar-refractivity contribution is 6.28. The average Bonchev–Trinajstić information content (AvgIpc) is 2.34. The van der Waals surface area contributed by atoms with Crippen LogP contribution >= 0.6 is 11.6 Å². The third-order valence-corrected chi connectivity index (χ3v) is 3.26. The molecule has 1 aliphatic heterocycles. The number of nitrogens with zero attached hydrogens (tertiary/aromatic N) is 4. The second kappa shape index (κ2) is 5.88. The number of anilines is 2. The van der Waals surface area contributed by atoms with Crippen molar-refractivity contribution in [1.29, 1.82) is 0 Å². The molecule has 1 atom stereocenters. The molecule has 7 heteroatoms. The van der Waals surface area contributed by atoms with Gasteiger partial charge in [0.2, 0.25) is 17.2 Å². The van der Waals surface area contributed by atoms with Crippen LogP contribution in [-0.2, 0) is 0 Å². The highest BCUT2D eigenvalue weighted by Gasteiger charge is 2.30. The van der Waals surface area contributed by atoms with Crippen LogP contribution in [0.25, 0.3) is 0 Å². The summed E-state index contributed by atoms with van der Waals surface area (Å²) in [4.78, 5) is 14.5. The Morgan fingerprint density at radius 2 is 2.21 bits per heavy atom. The monoisotopic (exact) mass is 285 g/mol. The Balaban J connectivity index is 2.16. The Morgan fingerprint density at radius 3 is 2.89 bits per heavy atom. The molecule has 0 amide bonds. The predicted molar refractivity (Wildman–Crippen MR) is 75.7 cm³/mol. The van der Waals surface area contributed by atoms with Crippen molar-refractivity contribution in [1.82, 2.24) is 15.0 Å². The molecule has 2 rings (SSSR count). The van der Waals surface area contributed by atoms with E-state index >= 15 is 0 Å². The Bertz CT molecular complexity index is 440. The number of aromatic nitrogens is 3. The zero-order valence-electron chi connectivity index (χ0n) is 11.4. The standard InChI is InChI=1S/C12H20ClN5O/c1-3-6-14-10-15-9(13)16-11(17-10)18-7-4-5-12(2,19)8-18/h19H,3-8H2,1-2H3,(H,14,15,16,17). The summed E-state index contributed by atoms with van der Waals surface area (Å²) >= 11 is 5.93. The second-order valence-electron chi connectivity index (χ2n) is 5.18. The van der Waals surface area contributed by atoms with E-state index in [1.165, 1.54) is 0 Å². The van der Waals surface area contributed by atoms with Crippen LogP contribution in [-0.4, -0.2) is 45.3 Å². The van der Waals surface area contributed by atoms with Crippen LogP contribution in [0, 0.1) is 0 Å². The molecule has 0 aliphatic carbocycles. The second-order valence-corrected chi connectivity index (χ2v) is 5.51. The van der Waals surface area contributed by atoms with E-state index in [-0.39, 0.29) is 5.28 Å². The Morgan fingerprint density at radius 1 is 1.42 bits per heavy atom. The fraction of sp³-hybridized carbons (Fsp3) is 0.750. The van der Waals surface area contributed by atoms with Crippen LogP contribution in [0.15, 0.2) is 0 Å². The van der Waals surface area contributed by atoms with Gasteiger partial charge < -0.3 is 15.3 Å². The summed E-state index contributed by atoms with van der Waals surface area (Å²) in [6.07, 6.45) is 2.69. The maximum atomic E-state index is 10.1. The molecular weight excluding hydrogens is 266 g/mol. The van der Waals surface area contributed by atoms with E-state index < -0.39 is 5.60 Å². The average molecular weight is 286 g/mol. The Labute approximate surface area is 118 Å². The highest BCUT2D eigenvalue weighted by Crippen LogP contribution is 2.24. The molecule has 1 unspecified atom stereocenters. The zero-order valence-corrected chi connectivity index (χ0v) is 12.1. The normalized spacial score (nSPS) is 23.5. The zero-order chi connectivity index (χ0) is 13.9. The van der Waals surface area contributed by atoms with Gasteiger partial charge in [-0.1, -0.05) is 6.92 Å². The number of piperidine rings is 1. The maximum absolute atomic E-state index is 10.1. The van der Waals surface area contributed by atoms with Crippen molar-refractivity contribution in [2.24, 2.45) is 0 Å². The quantitative estimate of drug-likeness (QED) is 0.877. The molecule has 6 nitrogen and oxygen atoms in total. The molecular formula is C12H20ClN5O. The van der Waals surface area contributed by atoms with Crippen molar-refractivity contribution >= 4 is 23.5 Å². The largest absolute Gasteiger partial charge is 0.388 e. The molecule has 1 fully saturated rings. The van der Waals surface area contributed by atoms with Gasteiger partial charge in [0.25, 0.3) is 0 Å². The van der Waals surface area contributed by atoms with Crippen molar-refractivity contribution in [3.05, 3.63) is 5.28 Å². The minimum absolute atomic E-state index is 0.175. The molecule has 1 aliphatic rings. The van der Waals surface area contributed by atoms with Gasteiger partial charge in [-0.2, -0.15) is 15.0 Å². The van der Waals surface area contributed by atoms with Gasteiger partial charge in [0.1, 0.15) is 0 Å². The lowest BCUT2D eigenvalue weighted by atomic mass is 9.95. The number of hydrogen-bond acceptors (Lipinski definition) is 6. The van der Waals surface area contributed by atoms with Gasteiger partial charge >= 0.3 is 0 Å². The van der Waals surface area contributed by atoms with Gasteiger partial charge in [0.15, 0.2) is 0 Å². The summed E-state index contributed by atoms with van der Waals surface area (Å²) in [5, 5.41) is 13.4. The molecule has 2 N–H and O–H groups in total.